The van der Waals surface area contributed by atoms with Crippen molar-refractivity contribution in [2.24, 2.45) is 5.10 Å². The second-order valence-electron chi connectivity index (χ2n) is 7.85. The van der Waals surface area contributed by atoms with Crippen LogP contribution in [0.3, 0.4) is 0 Å². The number of nitrogens with zero attached hydrogens (tertiary/aromatic N) is 3. The van der Waals surface area contributed by atoms with Crippen LogP contribution in [0.2, 0.25) is 0 Å². The van der Waals surface area contributed by atoms with Crippen molar-refractivity contribution in [2.45, 2.75) is 26.4 Å². The third-order valence-electron chi connectivity index (χ3n) is 5.32. The summed E-state index contributed by atoms with van der Waals surface area (Å²) in [6.45, 7) is 2.34. The first-order chi connectivity index (χ1) is 17.3. The van der Waals surface area contributed by atoms with Crippen molar-refractivity contribution in [3.63, 3.8) is 0 Å². The fourth-order valence-corrected chi connectivity index (χ4v) is 5.58. The standard InChI is InChI=1S/C26H21Br4N3O3/c1-3-4-24-32-22-8-7-17(27)10-20(22)26(34)33(24)31-13-16-9-19(29)12-23(35-2)25(16)36-14-15-5-6-18(28)11-21(15)30/h5-13H,3-4,14H2,1-2H3. The van der Waals surface area contributed by atoms with E-state index in [0.717, 1.165) is 29.9 Å². The first kappa shape index (κ1) is 27.0. The first-order valence-corrected chi connectivity index (χ1v) is 14.2. The zero-order chi connectivity index (χ0) is 25.8. The molecule has 0 aliphatic rings. The monoisotopic (exact) mass is 739 g/mol. The van der Waals surface area contributed by atoms with E-state index >= 15 is 0 Å². The van der Waals surface area contributed by atoms with E-state index in [2.05, 4.69) is 68.8 Å². The normalized spacial score (nSPS) is 11.4. The van der Waals surface area contributed by atoms with E-state index in [1.807, 2.05) is 49.4 Å². The molecule has 0 N–H and O–H groups in total. The maximum Gasteiger partial charge on any atom is 0.282 e. The lowest BCUT2D eigenvalue weighted by Crippen LogP contribution is -2.22. The lowest BCUT2D eigenvalue weighted by Gasteiger charge is -2.15. The van der Waals surface area contributed by atoms with Gasteiger partial charge in [-0.3, -0.25) is 4.79 Å². The Morgan fingerprint density at radius 2 is 1.75 bits per heavy atom. The molecule has 0 spiro atoms. The second-order valence-corrected chi connectivity index (χ2v) is 11.5. The molecule has 0 bridgehead atoms. The van der Waals surface area contributed by atoms with Crippen LogP contribution in [0.15, 0.2) is 76.3 Å². The van der Waals surface area contributed by atoms with Gasteiger partial charge >= 0.3 is 0 Å². The van der Waals surface area contributed by atoms with Gasteiger partial charge in [0.2, 0.25) is 0 Å². The first-order valence-electron chi connectivity index (χ1n) is 11.0. The van der Waals surface area contributed by atoms with Crippen molar-refractivity contribution in [3.8, 4) is 11.5 Å². The number of hydrogen-bond acceptors (Lipinski definition) is 5. The van der Waals surface area contributed by atoms with Crippen LogP contribution < -0.4 is 15.0 Å². The van der Waals surface area contributed by atoms with Crippen LogP contribution >= 0.6 is 63.7 Å². The fourth-order valence-electron chi connectivity index (χ4n) is 3.60. The zero-order valence-electron chi connectivity index (χ0n) is 19.4. The number of halogens is 4. The molecule has 6 nitrogen and oxygen atoms in total. The lowest BCUT2D eigenvalue weighted by atomic mass is 10.2. The Labute approximate surface area is 242 Å². The number of methoxy groups -OCH3 is 1. The van der Waals surface area contributed by atoms with Gasteiger partial charge in [0.25, 0.3) is 5.56 Å². The van der Waals surface area contributed by atoms with Crippen LogP contribution in [0, 0.1) is 0 Å². The van der Waals surface area contributed by atoms with Crippen molar-refractivity contribution < 1.29 is 9.47 Å². The molecule has 0 saturated carbocycles. The van der Waals surface area contributed by atoms with Gasteiger partial charge in [-0.15, -0.1) is 0 Å². The number of benzene rings is 3. The molecule has 0 saturated heterocycles. The molecule has 186 valence electrons. The Balaban J connectivity index is 1.78. The van der Waals surface area contributed by atoms with Crippen molar-refractivity contribution in [2.75, 3.05) is 7.11 Å². The minimum Gasteiger partial charge on any atom is -0.493 e. The molecule has 0 fully saturated rings. The molecular weight excluding hydrogens is 722 g/mol. The number of ether oxygens (including phenoxy) is 2. The molecule has 3 aromatic carbocycles. The Morgan fingerprint density at radius 3 is 2.47 bits per heavy atom. The van der Waals surface area contributed by atoms with E-state index in [0.29, 0.717) is 46.8 Å². The highest BCUT2D eigenvalue weighted by Gasteiger charge is 2.15. The number of fused-ring (bicyclic) bond motifs is 1. The van der Waals surface area contributed by atoms with Gasteiger partial charge in [0.15, 0.2) is 11.5 Å². The molecule has 4 rings (SSSR count). The Hall–Kier alpha value is -2.01. The van der Waals surface area contributed by atoms with Crippen LogP contribution in [-0.2, 0) is 13.0 Å². The lowest BCUT2D eigenvalue weighted by molar-refractivity contribution is 0.283. The topological polar surface area (TPSA) is 65.7 Å². The smallest absolute Gasteiger partial charge is 0.282 e. The van der Waals surface area contributed by atoms with Crippen LogP contribution in [0.25, 0.3) is 10.9 Å². The molecule has 0 aliphatic carbocycles. The summed E-state index contributed by atoms with van der Waals surface area (Å²) < 4.78 is 16.7. The summed E-state index contributed by atoms with van der Waals surface area (Å²) in [5.41, 5.74) is 2.03. The van der Waals surface area contributed by atoms with Crippen molar-refractivity contribution in [1.29, 1.82) is 0 Å². The fraction of sp³-hybridized carbons (Fsp3) is 0.192. The van der Waals surface area contributed by atoms with Gasteiger partial charge in [-0.1, -0.05) is 76.7 Å². The average Bonchev–Trinajstić information content (AvgIpc) is 2.84. The zero-order valence-corrected chi connectivity index (χ0v) is 25.7. The van der Waals surface area contributed by atoms with E-state index in [9.17, 15) is 4.79 Å². The van der Waals surface area contributed by atoms with Gasteiger partial charge in [-0.05, 0) is 48.9 Å². The third kappa shape index (κ3) is 6.10. The summed E-state index contributed by atoms with van der Waals surface area (Å²) in [7, 11) is 1.58. The van der Waals surface area contributed by atoms with E-state index in [1.165, 1.54) is 4.68 Å². The highest BCUT2D eigenvalue weighted by molar-refractivity contribution is 9.11. The van der Waals surface area contributed by atoms with Gasteiger partial charge in [-0.2, -0.15) is 9.78 Å². The molecule has 0 atom stereocenters. The molecule has 0 aliphatic heterocycles. The summed E-state index contributed by atoms with van der Waals surface area (Å²) in [6, 6.07) is 15.1. The quantitative estimate of drug-likeness (QED) is 0.173. The van der Waals surface area contributed by atoms with Gasteiger partial charge in [0.05, 0.1) is 24.2 Å². The highest BCUT2D eigenvalue weighted by Crippen LogP contribution is 2.35. The van der Waals surface area contributed by atoms with E-state index < -0.39 is 0 Å². The molecule has 1 heterocycles. The summed E-state index contributed by atoms with van der Waals surface area (Å²) in [5, 5.41) is 5.06. The van der Waals surface area contributed by atoms with E-state index in [4.69, 9.17) is 14.5 Å². The number of aryl methyl sites for hydroxylation is 1. The van der Waals surface area contributed by atoms with Gasteiger partial charge in [0, 0.05) is 35.4 Å². The van der Waals surface area contributed by atoms with Gasteiger partial charge in [0.1, 0.15) is 12.4 Å². The molecule has 0 radical (unpaired) electrons. The predicted octanol–water partition coefficient (Wildman–Crippen LogP) is 7.87. The van der Waals surface area contributed by atoms with Crippen molar-refractivity contribution in [3.05, 3.63) is 93.7 Å². The number of aromatic nitrogens is 2. The molecule has 36 heavy (non-hydrogen) atoms. The van der Waals surface area contributed by atoms with Crippen molar-refractivity contribution in [1.82, 2.24) is 9.66 Å². The number of rotatable bonds is 8. The molecule has 0 unspecified atom stereocenters. The van der Waals surface area contributed by atoms with Crippen LogP contribution in [-0.4, -0.2) is 23.0 Å². The molecule has 1 aromatic heterocycles. The summed E-state index contributed by atoms with van der Waals surface area (Å²) in [5.74, 6) is 1.65. The minimum absolute atomic E-state index is 0.232. The Kier molecular flexibility index (Phi) is 9.03. The summed E-state index contributed by atoms with van der Waals surface area (Å²) in [4.78, 5) is 18.1. The molecule has 0 amide bonds. The van der Waals surface area contributed by atoms with Gasteiger partial charge < -0.3 is 9.47 Å². The molecule has 4 aromatic rings. The summed E-state index contributed by atoms with van der Waals surface area (Å²) in [6.07, 6.45) is 3.04. The average molecular weight is 743 g/mol. The Bertz CT molecular complexity index is 1520. The molecular formula is C26H21Br4N3O3. The number of hydrogen-bond donors (Lipinski definition) is 0. The molecule has 10 heteroatoms. The maximum absolute atomic E-state index is 13.4. The van der Waals surface area contributed by atoms with E-state index in [-0.39, 0.29) is 5.56 Å². The summed E-state index contributed by atoms with van der Waals surface area (Å²) >= 11 is 14.0. The van der Waals surface area contributed by atoms with Crippen LogP contribution in [0.5, 0.6) is 11.5 Å². The van der Waals surface area contributed by atoms with Crippen molar-refractivity contribution >= 4 is 80.8 Å². The largest absolute Gasteiger partial charge is 0.493 e. The Morgan fingerprint density at radius 1 is 1.00 bits per heavy atom. The SMILES string of the molecule is CCCc1nc2ccc(Br)cc2c(=O)n1N=Cc1cc(Br)cc(OC)c1OCc1ccc(Br)cc1Br. The predicted molar refractivity (Wildman–Crippen MR) is 158 cm³/mol. The third-order valence-corrected chi connectivity index (χ3v) is 7.50. The van der Waals surface area contributed by atoms with Gasteiger partial charge in [-0.25, -0.2) is 4.98 Å². The minimum atomic E-state index is -0.232. The maximum atomic E-state index is 13.4. The van der Waals surface area contributed by atoms with Crippen LogP contribution in [0.1, 0.15) is 30.3 Å². The second kappa shape index (κ2) is 12.0. The van der Waals surface area contributed by atoms with Crippen LogP contribution in [0.4, 0.5) is 0 Å². The van der Waals surface area contributed by atoms with E-state index in [1.54, 1.807) is 19.4 Å². The highest BCUT2D eigenvalue weighted by atomic mass is 79.9.